The normalized spacial score (nSPS) is 10.1. The zero-order chi connectivity index (χ0) is 11.4. The number of likely N-dealkylation sites (N-methyl/N-ethyl adjacent to an activating group) is 1. The molecule has 0 aliphatic carbocycles. The topological polar surface area (TPSA) is 23.5 Å². The molecule has 0 aliphatic heterocycles. The first-order chi connectivity index (χ1) is 7.04. The molecule has 0 atom stereocenters. The minimum absolute atomic E-state index is 0.0809. The summed E-state index contributed by atoms with van der Waals surface area (Å²) in [5.74, 6) is 0. The average molecular weight is 205 g/mol. The number of aliphatic hydroxyl groups is 1. The van der Waals surface area contributed by atoms with E-state index in [0.29, 0.717) is 0 Å². The number of aryl methyl sites for hydroxylation is 1. The van der Waals surface area contributed by atoms with Gasteiger partial charge < -0.3 is 10.0 Å². The van der Waals surface area contributed by atoms with Crippen molar-refractivity contribution in [1.29, 1.82) is 0 Å². The summed E-state index contributed by atoms with van der Waals surface area (Å²) in [6.07, 6.45) is 0. The van der Waals surface area contributed by atoms with Gasteiger partial charge in [-0.3, -0.25) is 0 Å². The van der Waals surface area contributed by atoms with Gasteiger partial charge in [-0.15, -0.1) is 0 Å². The van der Waals surface area contributed by atoms with E-state index < -0.39 is 0 Å². The predicted octanol–water partition coefficient (Wildman–Crippen LogP) is 2.50. The van der Waals surface area contributed by atoms with Gasteiger partial charge in [0.15, 0.2) is 0 Å². The molecule has 0 spiro atoms. The zero-order valence-corrected chi connectivity index (χ0v) is 9.75. The number of nitrogens with zero attached hydrogens (tertiary/aromatic N) is 1. The van der Waals surface area contributed by atoms with Crippen LogP contribution in [0.2, 0.25) is 0 Å². The molecule has 0 radical (unpaired) electrons. The van der Waals surface area contributed by atoms with Gasteiger partial charge in [0, 0.05) is 24.8 Å². The number of benzene rings is 1. The average Bonchev–Trinajstić information content (AvgIpc) is 2.16. The van der Waals surface area contributed by atoms with Crippen LogP contribution in [0.1, 0.15) is 18.1 Å². The molecule has 0 heterocycles. The molecule has 0 bridgehead atoms. The van der Waals surface area contributed by atoms with Gasteiger partial charge in [-0.25, -0.2) is 0 Å². The van der Waals surface area contributed by atoms with E-state index in [1.54, 1.807) is 0 Å². The molecule has 2 nitrogen and oxygen atoms in total. The fourth-order valence-corrected chi connectivity index (χ4v) is 1.70. The Kier molecular flexibility index (Phi) is 3.92. The first kappa shape index (κ1) is 11.8. The summed E-state index contributed by atoms with van der Waals surface area (Å²) in [4.78, 5) is 2.10. The molecule has 1 aromatic rings. The van der Waals surface area contributed by atoms with E-state index >= 15 is 0 Å². The number of hydrogen-bond donors (Lipinski definition) is 1. The van der Waals surface area contributed by atoms with Crippen LogP contribution in [0, 0.1) is 6.92 Å². The molecule has 0 amide bonds. The monoisotopic (exact) mass is 205 g/mol. The lowest BCUT2D eigenvalue weighted by Crippen LogP contribution is -2.20. The molecule has 2 heteroatoms. The lowest BCUT2D eigenvalue weighted by molar-refractivity contribution is 0.282. The van der Waals surface area contributed by atoms with E-state index in [9.17, 15) is 5.11 Å². The van der Waals surface area contributed by atoms with Crippen molar-refractivity contribution in [3.05, 3.63) is 41.5 Å². The van der Waals surface area contributed by atoms with Gasteiger partial charge in [-0.1, -0.05) is 29.8 Å². The van der Waals surface area contributed by atoms with E-state index in [-0.39, 0.29) is 6.61 Å². The molecule has 0 aromatic heterocycles. The van der Waals surface area contributed by atoms with E-state index in [1.165, 1.54) is 5.56 Å². The Bertz CT molecular complexity index is 358. The second-order valence-corrected chi connectivity index (χ2v) is 4.10. The fraction of sp³-hybridized carbons (Fsp3) is 0.385. The van der Waals surface area contributed by atoms with Crippen LogP contribution in [-0.2, 0) is 6.61 Å². The molecular formula is C13H19NO. The number of aliphatic hydroxyl groups excluding tert-OH is 1. The van der Waals surface area contributed by atoms with Crippen LogP contribution < -0.4 is 4.90 Å². The van der Waals surface area contributed by atoms with Gasteiger partial charge in [0.25, 0.3) is 0 Å². The molecule has 0 fully saturated rings. The standard InChI is InChI=1S/C13H19NO/c1-10(2)8-14(4)13-6-5-11(3)7-12(13)9-15/h5-7,15H,1,8-9H2,2-4H3. The Balaban J connectivity index is 2.97. The molecule has 0 saturated carbocycles. The van der Waals surface area contributed by atoms with Crippen LogP contribution in [0.15, 0.2) is 30.4 Å². The highest BCUT2D eigenvalue weighted by Crippen LogP contribution is 2.21. The van der Waals surface area contributed by atoms with Crippen molar-refractivity contribution in [2.75, 3.05) is 18.5 Å². The largest absolute Gasteiger partial charge is 0.392 e. The third-order valence-corrected chi connectivity index (χ3v) is 2.32. The summed E-state index contributed by atoms with van der Waals surface area (Å²) >= 11 is 0. The molecule has 1 N–H and O–H groups in total. The highest BCUT2D eigenvalue weighted by molar-refractivity contribution is 5.54. The summed E-state index contributed by atoms with van der Waals surface area (Å²) in [6, 6.07) is 6.12. The third kappa shape index (κ3) is 3.10. The van der Waals surface area contributed by atoms with Crippen molar-refractivity contribution < 1.29 is 5.11 Å². The molecule has 0 unspecified atom stereocenters. The molecular weight excluding hydrogens is 186 g/mol. The zero-order valence-electron chi connectivity index (χ0n) is 9.75. The van der Waals surface area contributed by atoms with Crippen LogP contribution in [-0.4, -0.2) is 18.7 Å². The highest BCUT2D eigenvalue weighted by Gasteiger charge is 2.06. The summed E-state index contributed by atoms with van der Waals surface area (Å²) < 4.78 is 0. The second-order valence-electron chi connectivity index (χ2n) is 4.10. The summed E-state index contributed by atoms with van der Waals surface area (Å²) in [5.41, 5.74) is 4.33. The first-order valence-electron chi connectivity index (χ1n) is 5.10. The first-order valence-corrected chi connectivity index (χ1v) is 5.10. The van der Waals surface area contributed by atoms with Gasteiger partial charge in [0.1, 0.15) is 0 Å². The number of rotatable bonds is 4. The van der Waals surface area contributed by atoms with Crippen molar-refractivity contribution >= 4 is 5.69 Å². The predicted molar refractivity (Wildman–Crippen MR) is 65.2 cm³/mol. The third-order valence-electron chi connectivity index (χ3n) is 2.32. The molecule has 0 aliphatic rings. The molecule has 1 aromatic carbocycles. The summed E-state index contributed by atoms with van der Waals surface area (Å²) in [5, 5.41) is 9.28. The van der Waals surface area contributed by atoms with Gasteiger partial charge in [-0.05, 0) is 19.9 Å². The maximum atomic E-state index is 9.28. The minimum atomic E-state index is 0.0809. The lowest BCUT2D eigenvalue weighted by Gasteiger charge is -2.22. The van der Waals surface area contributed by atoms with Crippen molar-refractivity contribution in [1.82, 2.24) is 0 Å². The van der Waals surface area contributed by atoms with Crippen molar-refractivity contribution in [3.8, 4) is 0 Å². The molecule has 1 rings (SSSR count). The van der Waals surface area contributed by atoms with Gasteiger partial charge >= 0.3 is 0 Å². The van der Waals surface area contributed by atoms with Crippen molar-refractivity contribution in [2.24, 2.45) is 0 Å². The van der Waals surface area contributed by atoms with Crippen LogP contribution in [0.3, 0.4) is 0 Å². The Morgan fingerprint density at radius 1 is 1.47 bits per heavy atom. The van der Waals surface area contributed by atoms with Gasteiger partial charge in [0.05, 0.1) is 6.61 Å². The quantitative estimate of drug-likeness (QED) is 0.763. The van der Waals surface area contributed by atoms with E-state index in [4.69, 9.17) is 0 Å². The van der Waals surface area contributed by atoms with Crippen LogP contribution in [0.4, 0.5) is 5.69 Å². The Morgan fingerprint density at radius 3 is 2.67 bits per heavy atom. The van der Waals surface area contributed by atoms with E-state index in [1.807, 2.05) is 33.0 Å². The van der Waals surface area contributed by atoms with Crippen molar-refractivity contribution in [3.63, 3.8) is 0 Å². The van der Waals surface area contributed by atoms with Crippen LogP contribution in [0.25, 0.3) is 0 Å². The lowest BCUT2D eigenvalue weighted by atomic mass is 10.1. The molecule has 0 saturated heterocycles. The highest BCUT2D eigenvalue weighted by atomic mass is 16.3. The van der Waals surface area contributed by atoms with Gasteiger partial charge in [-0.2, -0.15) is 0 Å². The Hall–Kier alpha value is -1.28. The Labute approximate surface area is 91.9 Å². The van der Waals surface area contributed by atoms with E-state index in [2.05, 4.69) is 17.5 Å². The molecule has 15 heavy (non-hydrogen) atoms. The van der Waals surface area contributed by atoms with Crippen molar-refractivity contribution in [2.45, 2.75) is 20.5 Å². The maximum absolute atomic E-state index is 9.28. The smallest absolute Gasteiger partial charge is 0.0702 e. The number of anilines is 1. The Morgan fingerprint density at radius 2 is 2.13 bits per heavy atom. The summed E-state index contributed by atoms with van der Waals surface area (Å²) in [7, 11) is 2.01. The van der Waals surface area contributed by atoms with Crippen LogP contribution >= 0.6 is 0 Å². The number of hydrogen-bond acceptors (Lipinski definition) is 2. The van der Waals surface area contributed by atoms with E-state index in [0.717, 1.165) is 23.4 Å². The second kappa shape index (κ2) is 4.99. The van der Waals surface area contributed by atoms with Crippen LogP contribution in [0.5, 0.6) is 0 Å². The van der Waals surface area contributed by atoms with Gasteiger partial charge in [0.2, 0.25) is 0 Å². The summed E-state index contributed by atoms with van der Waals surface area (Å²) in [6.45, 7) is 8.82. The molecule has 82 valence electrons. The minimum Gasteiger partial charge on any atom is -0.392 e. The fourth-order valence-electron chi connectivity index (χ4n) is 1.70. The maximum Gasteiger partial charge on any atom is 0.0702 e. The SMILES string of the molecule is C=C(C)CN(C)c1ccc(C)cc1CO.